The molecule has 1 fully saturated rings. The highest BCUT2D eigenvalue weighted by Crippen LogP contribution is 2.28. The fourth-order valence-corrected chi connectivity index (χ4v) is 3.64. The van der Waals surface area contributed by atoms with E-state index in [1.54, 1.807) is 37.3 Å². The summed E-state index contributed by atoms with van der Waals surface area (Å²) < 4.78 is 10.7. The molecule has 8 nitrogen and oxygen atoms in total. The number of oxazole rings is 1. The molecule has 3 aromatic rings. The lowest BCUT2D eigenvalue weighted by atomic mass is 10.1. The number of hydrogen-bond acceptors (Lipinski definition) is 6. The van der Waals surface area contributed by atoms with Gasteiger partial charge in [0.2, 0.25) is 0 Å². The lowest BCUT2D eigenvalue weighted by Gasteiger charge is -2.25. The molecule has 2 amide bonds. The molecule has 28 heavy (non-hydrogen) atoms. The number of aryl methyl sites for hydroxylation is 1. The van der Waals surface area contributed by atoms with Crippen molar-refractivity contribution in [2.24, 2.45) is 0 Å². The summed E-state index contributed by atoms with van der Waals surface area (Å²) in [6.07, 6.45) is 2.54. The number of nitrogens with zero attached hydrogens (tertiary/aromatic N) is 2. The zero-order valence-corrected chi connectivity index (χ0v) is 15.4. The average Bonchev–Trinajstić information content (AvgIpc) is 3.40. The van der Waals surface area contributed by atoms with E-state index in [0.29, 0.717) is 41.4 Å². The fraction of sp³-hybridized carbons (Fsp3) is 0.350. The Morgan fingerprint density at radius 3 is 3.04 bits per heavy atom. The Morgan fingerprint density at radius 1 is 1.39 bits per heavy atom. The predicted octanol–water partition coefficient (Wildman–Crippen LogP) is 2.78. The van der Waals surface area contributed by atoms with E-state index in [4.69, 9.17) is 8.83 Å². The Morgan fingerprint density at radius 2 is 2.25 bits per heavy atom. The number of carbonyl (C=O) groups excluding carboxylic acids is 2. The van der Waals surface area contributed by atoms with Gasteiger partial charge in [0, 0.05) is 37.7 Å². The molecule has 2 N–H and O–H groups in total. The average molecular weight is 383 g/mol. The zero-order chi connectivity index (χ0) is 19.7. The van der Waals surface area contributed by atoms with Gasteiger partial charge in [-0.05, 0) is 37.1 Å². The van der Waals surface area contributed by atoms with E-state index < -0.39 is 17.9 Å². The van der Waals surface area contributed by atoms with Crippen LogP contribution in [0.5, 0.6) is 0 Å². The van der Waals surface area contributed by atoms with Crippen LogP contribution in [-0.4, -0.2) is 39.4 Å². The number of hydrogen-bond donors (Lipinski definition) is 2. The van der Waals surface area contributed by atoms with Crippen LogP contribution >= 0.6 is 0 Å². The number of aliphatic hydroxyl groups excluding tert-OH is 1. The SMILES string of the molecule is Cc1nc2ccc(NC(=O)C(=O)N3CCC[C@H]3C[C@H](O)c3ccco3)cc2o1. The Balaban J connectivity index is 1.42. The van der Waals surface area contributed by atoms with Crippen LogP contribution in [0.3, 0.4) is 0 Å². The third-order valence-corrected chi connectivity index (χ3v) is 4.95. The summed E-state index contributed by atoms with van der Waals surface area (Å²) in [6, 6.07) is 8.23. The number of anilines is 1. The summed E-state index contributed by atoms with van der Waals surface area (Å²) in [7, 11) is 0. The summed E-state index contributed by atoms with van der Waals surface area (Å²) in [5.74, 6) is -0.332. The van der Waals surface area contributed by atoms with Crippen LogP contribution in [0.1, 0.15) is 37.0 Å². The first-order chi connectivity index (χ1) is 13.5. The molecule has 0 saturated carbocycles. The van der Waals surface area contributed by atoms with Crippen molar-refractivity contribution in [2.45, 2.75) is 38.3 Å². The third-order valence-electron chi connectivity index (χ3n) is 4.95. The lowest BCUT2D eigenvalue weighted by molar-refractivity contribution is -0.144. The van der Waals surface area contributed by atoms with E-state index in [2.05, 4.69) is 10.3 Å². The molecule has 0 radical (unpaired) electrons. The van der Waals surface area contributed by atoms with E-state index in [0.717, 1.165) is 12.8 Å². The van der Waals surface area contributed by atoms with Crippen LogP contribution in [0.15, 0.2) is 45.4 Å². The van der Waals surface area contributed by atoms with Crippen molar-refractivity contribution in [1.82, 2.24) is 9.88 Å². The van der Waals surface area contributed by atoms with Crippen LogP contribution in [0.4, 0.5) is 5.69 Å². The number of likely N-dealkylation sites (tertiary alicyclic amines) is 1. The molecule has 0 spiro atoms. The van der Waals surface area contributed by atoms with Crippen molar-refractivity contribution in [2.75, 3.05) is 11.9 Å². The molecule has 1 saturated heterocycles. The molecule has 0 unspecified atom stereocenters. The van der Waals surface area contributed by atoms with Gasteiger partial charge in [0.25, 0.3) is 0 Å². The molecule has 8 heteroatoms. The van der Waals surface area contributed by atoms with E-state index in [1.165, 1.54) is 11.2 Å². The number of fused-ring (bicyclic) bond motifs is 1. The molecule has 2 atom stereocenters. The fourth-order valence-electron chi connectivity index (χ4n) is 3.64. The minimum absolute atomic E-state index is 0.210. The monoisotopic (exact) mass is 383 g/mol. The smallest absolute Gasteiger partial charge is 0.313 e. The Bertz CT molecular complexity index is 995. The van der Waals surface area contributed by atoms with Crippen molar-refractivity contribution in [3.8, 4) is 0 Å². The first kappa shape index (κ1) is 18.2. The Kier molecular flexibility index (Phi) is 4.87. The van der Waals surface area contributed by atoms with Gasteiger partial charge in [-0.1, -0.05) is 0 Å². The third kappa shape index (κ3) is 3.63. The highest BCUT2D eigenvalue weighted by Gasteiger charge is 2.34. The molecule has 146 valence electrons. The first-order valence-corrected chi connectivity index (χ1v) is 9.22. The number of furan rings is 1. The van der Waals surface area contributed by atoms with Gasteiger partial charge in [-0.25, -0.2) is 4.98 Å². The van der Waals surface area contributed by atoms with E-state index in [9.17, 15) is 14.7 Å². The molecule has 1 aliphatic rings. The van der Waals surface area contributed by atoms with Crippen LogP contribution in [0.25, 0.3) is 11.1 Å². The second-order valence-electron chi connectivity index (χ2n) is 6.93. The minimum Gasteiger partial charge on any atom is -0.467 e. The molecule has 1 aliphatic heterocycles. The van der Waals surface area contributed by atoms with Gasteiger partial charge in [-0.2, -0.15) is 0 Å². The maximum Gasteiger partial charge on any atom is 0.313 e. The summed E-state index contributed by atoms with van der Waals surface area (Å²) in [5.41, 5.74) is 1.70. The van der Waals surface area contributed by atoms with Gasteiger partial charge < -0.3 is 24.2 Å². The number of benzene rings is 1. The molecular weight excluding hydrogens is 362 g/mol. The first-order valence-electron chi connectivity index (χ1n) is 9.22. The lowest BCUT2D eigenvalue weighted by Crippen LogP contribution is -2.43. The molecule has 1 aromatic carbocycles. The van der Waals surface area contributed by atoms with Crippen molar-refractivity contribution in [3.63, 3.8) is 0 Å². The molecule has 0 aliphatic carbocycles. The Labute approximate surface area is 161 Å². The molecule has 3 heterocycles. The predicted molar refractivity (Wildman–Crippen MR) is 100 cm³/mol. The Hall–Kier alpha value is -3.13. The van der Waals surface area contributed by atoms with Crippen molar-refractivity contribution in [1.29, 1.82) is 0 Å². The van der Waals surface area contributed by atoms with Crippen LogP contribution in [0.2, 0.25) is 0 Å². The zero-order valence-electron chi connectivity index (χ0n) is 15.4. The molecular formula is C20H21N3O5. The topological polar surface area (TPSA) is 109 Å². The van der Waals surface area contributed by atoms with Gasteiger partial charge in [0.05, 0.1) is 6.26 Å². The number of amides is 2. The number of aromatic nitrogens is 1. The second kappa shape index (κ2) is 7.47. The highest BCUT2D eigenvalue weighted by molar-refractivity contribution is 6.39. The number of rotatable bonds is 4. The largest absolute Gasteiger partial charge is 0.467 e. The van der Waals surface area contributed by atoms with Crippen molar-refractivity contribution in [3.05, 3.63) is 48.2 Å². The minimum atomic E-state index is -0.812. The quantitative estimate of drug-likeness (QED) is 0.671. The summed E-state index contributed by atoms with van der Waals surface area (Å²) in [5, 5.41) is 12.9. The van der Waals surface area contributed by atoms with Gasteiger partial charge in [0.1, 0.15) is 17.4 Å². The standard InChI is InChI=1S/C20H21N3O5/c1-12-21-15-7-6-13(10-18(15)28-12)22-19(25)20(26)23-8-2-4-14(23)11-16(24)17-5-3-9-27-17/h3,5-7,9-10,14,16,24H,2,4,8,11H2,1H3,(H,22,25)/t14-,16-/m0/s1. The van der Waals surface area contributed by atoms with E-state index in [-0.39, 0.29) is 6.04 Å². The second-order valence-corrected chi connectivity index (χ2v) is 6.93. The molecule has 2 aromatic heterocycles. The van der Waals surface area contributed by atoms with Crippen molar-refractivity contribution < 1.29 is 23.5 Å². The van der Waals surface area contributed by atoms with Crippen LogP contribution in [-0.2, 0) is 9.59 Å². The summed E-state index contributed by atoms with van der Waals surface area (Å²) in [4.78, 5) is 30.9. The number of carbonyl (C=O) groups is 2. The van der Waals surface area contributed by atoms with Gasteiger partial charge in [-0.3, -0.25) is 9.59 Å². The van der Waals surface area contributed by atoms with Crippen molar-refractivity contribution >= 4 is 28.6 Å². The van der Waals surface area contributed by atoms with Crippen LogP contribution in [0, 0.1) is 6.92 Å². The maximum absolute atomic E-state index is 12.7. The normalized spacial score (nSPS) is 17.8. The summed E-state index contributed by atoms with van der Waals surface area (Å²) >= 11 is 0. The number of nitrogens with one attached hydrogen (secondary N) is 1. The highest BCUT2D eigenvalue weighted by atomic mass is 16.4. The van der Waals surface area contributed by atoms with Gasteiger partial charge >= 0.3 is 11.8 Å². The van der Waals surface area contributed by atoms with E-state index in [1.807, 2.05) is 0 Å². The molecule has 4 rings (SSSR count). The number of aliphatic hydroxyl groups is 1. The summed E-state index contributed by atoms with van der Waals surface area (Å²) in [6.45, 7) is 2.23. The molecule has 0 bridgehead atoms. The maximum atomic E-state index is 12.7. The van der Waals surface area contributed by atoms with Gasteiger partial charge in [0.15, 0.2) is 11.5 Å². The van der Waals surface area contributed by atoms with Gasteiger partial charge in [-0.15, -0.1) is 0 Å². The van der Waals surface area contributed by atoms with Crippen LogP contribution < -0.4 is 5.32 Å². The van der Waals surface area contributed by atoms with E-state index >= 15 is 0 Å².